The average molecular weight is 270 g/mol. The lowest BCUT2D eigenvalue weighted by Gasteiger charge is -2.29. The van der Waals surface area contributed by atoms with Gasteiger partial charge in [0.25, 0.3) is 0 Å². The van der Waals surface area contributed by atoms with Gasteiger partial charge in [-0.3, -0.25) is 4.48 Å². The Labute approximate surface area is 121 Å². The summed E-state index contributed by atoms with van der Waals surface area (Å²) in [5.74, 6) is 0.352. The van der Waals surface area contributed by atoms with Crippen LogP contribution in [-0.4, -0.2) is 26.2 Å². The fourth-order valence-corrected chi connectivity index (χ4v) is 2.47. The van der Waals surface area contributed by atoms with Gasteiger partial charge in [-0.25, -0.2) is 0 Å². The van der Waals surface area contributed by atoms with Crippen molar-refractivity contribution < 1.29 is 5.11 Å². The highest BCUT2D eigenvalue weighted by Gasteiger charge is 2.26. The lowest BCUT2D eigenvalue weighted by atomic mass is 9.78. The van der Waals surface area contributed by atoms with Crippen LogP contribution in [0.4, 0.5) is 5.69 Å². The first-order valence-corrected chi connectivity index (χ1v) is 6.94. The number of rotatable bonds is 3. The third-order valence-electron chi connectivity index (χ3n) is 3.92. The molecule has 0 saturated carbocycles. The van der Waals surface area contributed by atoms with Crippen LogP contribution in [0.3, 0.4) is 0 Å². The molecule has 106 valence electrons. The van der Waals surface area contributed by atoms with Gasteiger partial charge in [0, 0.05) is 11.5 Å². The zero-order chi connectivity index (χ0) is 15.0. The predicted molar refractivity (Wildman–Crippen MR) is 86.2 cm³/mol. The maximum Gasteiger partial charge on any atom is 0.177 e. The van der Waals surface area contributed by atoms with E-state index in [0.717, 1.165) is 5.69 Å². The Morgan fingerprint density at radius 2 is 1.45 bits per heavy atom. The maximum atomic E-state index is 10.1. The predicted octanol–water partition coefficient (Wildman–Crippen LogP) is 3.91. The number of hydrogen-bond donors (Lipinski definition) is 1. The van der Waals surface area contributed by atoms with Gasteiger partial charge >= 0.3 is 0 Å². The first-order valence-electron chi connectivity index (χ1n) is 6.94. The van der Waals surface area contributed by atoms with Crippen molar-refractivity contribution in [3.8, 4) is 5.75 Å². The van der Waals surface area contributed by atoms with Crippen LogP contribution < -0.4 is 4.48 Å². The number of quaternary nitrogens is 1. The second-order valence-electron chi connectivity index (χ2n) is 6.71. The Bertz CT molecular complexity index is 595. The van der Waals surface area contributed by atoms with Gasteiger partial charge in [-0.1, -0.05) is 50.2 Å². The monoisotopic (exact) mass is 270 g/mol. The Kier molecular flexibility index (Phi) is 3.61. The van der Waals surface area contributed by atoms with Crippen molar-refractivity contribution in [2.45, 2.75) is 19.3 Å². The summed E-state index contributed by atoms with van der Waals surface area (Å²) in [6.45, 7) is 4.43. The molecule has 2 rings (SSSR count). The van der Waals surface area contributed by atoms with E-state index in [2.05, 4.69) is 65.3 Å². The normalized spacial score (nSPS) is 12.4. The zero-order valence-electron chi connectivity index (χ0n) is 13.0. The highest BCUT2D eigenvalue weighted by Crippen LogP contribution is 2.37. The van der Waals surface area contributed by atoms with E-state index < -0.39 is 0 Å². The molecule has 0 atom stereocenters. The largest absolute Gasteiger partial charge is 0.503 e. The molecule has 0 fully saturated rings. The molecular weight excluding hydrogens is 246 g/mol. The summed E-state index contributed by atoms with van der Waals surface area (Å²) in [7, 11) is 6.19. The molecule has 2 nitrogen and oxygen atoms in total. The van der Waals surface area contributed by atoms with Crippen molar-refractivity contribution in [1.29, 1.82) is 0 Å². The average Bonchev–Trinajstić information content (AvgIpc) is 2.38. The molecule has 2 heteroatoms. The van der Waals surface area contributed by atoms with E-state index >= 15 is 0 Å². The minimum atomic E-state index is -0.0844. The van der Waals surface area contributed by atoms with Crippen molar-refractivity contribution in [1.82, 2.24) is 4.48 Å². The quantitative estimate of drug-likeness (QED) is 0.838. The van der Waals surface area contributed by atoms with Gasteiger partial charge < -0.3 is 5.11 Å². The molecule has 1 N–H and O–H groups in total. The molecule has 0 aliphatic rings. The second kappa shape index (κ2) is 4.95. The minimum Gasteiger partial charge on any atom is -0.503 e. The van der Waals surface area contributed by atoms with E-state index in [9.17, 15) is 5.11 Å². The Morgan fingerprint density at radius 1 is 0.850 bits per heavy atom. The van der Waals surface area contributed by atoms with Crippen LogP contribution in [0.2, 0.25) is 0 Å². The SMILES string of the molecule is CC(C)(c1ccccc1)c1ccc(O)c([N+](C)(C)C)c1. The number of hydrogen-bond acceptors (Lipinski definition) is 1. The summed E-state index contributed by atoms with van der Waals surface area (Å²) < 4.78 is 0.602. The first kappa shape index (κ1) is 14.6. The molecule has 0 aliphatic heterocycles. The minimum absolute atomic E-state index is 0.0844. The van der Waals surface area contributed by atoms with Crippen molar-refractivity contribution in [2.24, 2.45) is 0 Å². The summed E-state index contributed by atoms with van der Waals surface area (Å²) in [6.07, 6.45) is 0. The Hall–Kier alpha value is -1.80. The number of nitrogens with zero attached hydrogens (tertiary/aromatic N) is 1. The highest BCUT2D eigenvalue weighted by molar-refractivity contribution is 5.58. The summed E-state index contributed by atoms with van der Waals surface area (Å²) in [5.41, 5.74) is 3.34. The molecule has 0 saturated heterocycles. The van der Waals surface area contributed by atoms with Crippen LogP contribution in [-0.2, 0) is 5.41 Å². The number of phenolic OH excluding ortho intramolecular Hbond substituents is 1. The third-order valence-corrected chi connectivity index (χ3v) is 3.92. The Morgan fingerprint density at radius 3 is 2.00 bits per heavy atom. The molecule has 2 aromatic carbocycles. The summed E-state index contributed by atoms with van der Waals surface area (Å²) in [4.78, 5) is 0. The molecule has 0 spiro atoms. The fourth-order valence-electron chi connectivity index (χ4n) is 2.47. The molecule has 0 unspecified atom stereocenters. The molecule has 0 amide bonds. The molecule has 0 bridgehead atoms. The number of phenols is 1. The first-order chi connectivity index (χ1) is 9.23. The summed E-state index contributed by atoms with van der Waals surface area (Å²) in [6, 6.07) is 16.4. The van der Waals surface area contributed by atoms with Crippen LogP contribution in [0, 0.1) is 0 Å². The van der Waals surface area contributed by atoms with Gasteiger partial charge in [0.05, 0.1) is 21.1 Å². The molecule has 0 aromatic heterocycles. The second-order valence-corrected chi connectivity index (χ2v) is 6.71. The molecular formula is C18H24NO+. The fraction of sp³-hybridized carbons (Fsp3) is 0.333. The van der Waals surface area contributed by atoms with E-state index in [-0.39, 0.29) is 5.41 Å². The van der Waals surface area contributed by atoms with Gasteiger partial charge in [0.2, 0.25) is 0 Å². The van der Waals surface area contributed by atoms with Crippen molar-refractivity contribution in [3.05, 3.63) is 59.7 Å². The highest BCUT2D eigenvalue weighted by atomic mass is 16.3. The van der Waals surface area contributed by atoms with Gasteiger partial charge in [-0.2, -0.15) is 0 Å². The van der Waals surface area contributed by atoms with Crippen molar-refractivity contribution in [3.63, 3.8) is 0 Å². The van der Waals surface area contributed by atoms with E-state index in [1.807, 2.05) is 12.1 Å². The molecule has 0 heterocycles. The van der Waals surface area contributed by atoms with Gasteiger partial charge in [0.15, 0.2) is 11.4 Å². The van der Waals surface area contributed by atoms with Crippen LogP contribution in [0.5, 0.6) is 5.75 Å². The lowest BCUT2D eigenvalue weighted by Crippen LogP contribution is -2.35. The molecule has 2 aromatic rings. The topological polar surface area (TPSA) is 20.2 Å². The lowest BCUT2D eigenvalue weighted by molar-refractivity contribution is 0.425. The van der Waals surface area contributed by atoms with Crippen LogP contribution in [0.15, 0.2) is 48.5 Å². The van der Waals surface area contributed by atoms with E-state index in [1.54, 1.807) is 6.07 Å². The summed E-state index contributed by atoms with van der Waals surface area (Å²) in [5, 5.41) is 10.1. The van der Waals surface area contributed by atoms with Gasteiger partial charge in [0.1, 0.15) is 0 Å². The molecule has 0 aliphatic carbocycles. The zero-order valence-corrected chi connectivity index (χ0v) is 13.0. The smallest absolute Gasteiger partial charge is 0.177 e. The maximum absolute atomic E-state index is 10.1. The van der Waals surface area contributed by atoms with E-state index in [4.69, 9.17) is 0 Å². The summed E-state index contributed by atoms with van der Waals surface area (Å²) >= 11 is 0. The number of aromatic hydroxyl groups is 1. The Balaban J connectivity index is 2.54. The molecule has 20 heavy (non-hydrogen) atoms. The van der Waals surface area contributed by atoms with Crippen LogP contribution in [0.25, 0.3) is 0 Å². The third kappa shape index (κ3) is 2.70. The standard InChI is InChI=1S/C18H23NO/c1-18(2,14-9-7-6-8-10-14)15-11-12-17(20)16(13-15)19(3,4)5/h6-13H,1-5H3/p+1. The van der Waals surface area contributed by atoms with Crippen LogP contribution >= 0.6 is 0 Å². The van der Waals surface area contributed by atoms with Gasteiger partial charge in [-0.05, 0) is 17.2 Å². The van der Waals surface area contributed by atoms with E-state index in [0.29, 0.717) is 10.2 Å². The van der Waals surface area contributed by atoms with E-state index in [1.165, 1.54) is 11.1 Å². The number of benzene rings is 2. The van der Waals surface area contributed by atoms with Gasteiger partial charge in [-0.15, -0.1) is 0 Å². The molecule has 0 radical (unpaired) electrons. The van der Waals surface area contributed by atoms with Crippen LogP contribution in [0.1, 0.15) is 25.0 Å². The van der Waals surface area contributed by atoms with Crippen molar-refractivity contribution >= 4 is 5.69 Å². The van der Waals surface area contributed by atoms with Crippen molar-refractivity contribution in [2.75, 3.05) is 21.1 Å².